The Morgan fingerprint density at radius 3 is 1.85 bits per heavy atom. The van der Waals surface area contributed by atoms with E-state index >= 15 is 0 Å². The van der Waals surface area contributed by atoms with Crippen LogP contribution in [0.2, 0.25) is 0 Å². The number of esters is 1. The van der Waals surface area contributed by atoms with Gasteiger partial charge in [0.05, 0.1) is 24.9 Å². The van der Waals surface area contributed by atoms with Gasteiger partial charge in [0.15, 0.2) is 5.78 Å². The molecule has 33 heavy (non-hydrogen) atoms. The minimum atomic E-state index is -3.63. The van der Waals surface area contributed by atoms with Crippen molar-refractivity contribution in [2.75, 3.05) is 30.4 Å². The second kappa shape index (κ2) is 12.2. The average Bonchev–Trinajstić information content (AvgIpc) is 2.77. The molecule has 0 amide bonds. The van der Waals surface area contributed by atoms with E-state index in [1.807, 2.05) is 52.0 Å². The quantitative estimate of drug-likeness (QED) is 0.278. The highest BCUT2D eigenvalue weighted by atomic mass is 31.2. The fraction of sp³-hybridized carbons (Fsp3) is 0.480. The van der Waals surface area contributed by atoms with Gasteiger partial charge in [-0.3, -0.25) is 4.57 Å². The number of benzene rings is 2. The van der Waals surface area contributed by atoms with Gasteiger partial charge in [0.1, 0.15) is 0 Å². The molecule has 0 aliphatic heterocycles. The maximum Gasteiger partial charge on any atom is 0.357 e. The highest BCUT2D eigenvalue weighted by molar-refractivity contribution is 7.54. The van der Waals surface area contributed by atoms with Crippen LogP contribution in [0.1, 0.15) is 63.2 Å². The normalized spacial score (nSPS) is 12.6. The predicted molar refractivity (Wildman–Crippen MR) is 134 cm³/mol. The molecule has 1 N–H and O–H groups in total. The van der Waals surface area contributed by atoms with Crippen LogP contribution in [-0.4, -0.2) is 38.4 Å². The third-order valence-corrected chi connectivity index (χ3v) is 7.47. The number of hydrogen-bond acceptors (Lipinski definition) is 7. The van der Waals surface area contributed by atoms with Gasteiger partial charge in [-0.2, -0.15) is 0 Å². The highest BCUT2D eigenvalue weighted by Gasteiger charge is 2.39. The van der Waals surface area contributed by atoms with Gasteiger partial charge in [-0.05, 0) is 83.5 Å². The summed E-state index contributed by atoms with van der Waals surface area (Å²) in [5, 5.41) is 3.33. The molecule has 0 spiro atoms. The van der Waals surface area contributed by atoms with Crippen LogP contribution < -0.4 is 10.2 Å². The summed E-state index contributed by atoms with van der Waals surface area (Å²) >= 11 is 0. The molecule has 0 heterocycles. The first-order chi connectivity index (χ1) is 15.6. The lowest BCUT2D eigenvalue weighted by Gasteiger charge is -2.31. The van der Waals surface area contributed by atoms with E-state index in [1.165, 1.54) is 7.11 Å². The fourth-order valence-electron chi connectivity index (χ4n) is 3.51. The molecule has 0 aromatic heterocycles. The zero-order chi connectivity index (χ0) is 24.6. The van der Waals surface area contributed by atoms with E-state index in [1.54, 1.807) is 24.3 Å². The van der Waals surface area contributed by atoms with E-state index in [2.05, 4.69) is 24.1 Å². The van der Waals surface area contributed by atoms with E-state index in [0.29, 0.717) is 11.3 Å². The number of hydrogen-bond donors (Lipinski definition) is 1. The molecule has 0 saturated heterocycles. The monoisotopic (exact) mass is 476 g/mol. The van der Waals surface area contributed by atoms with Gasteiger partial charge in [0.2, 0.25) is 0 Å². The first-order valence-electron chi connectivity index (χ1n) is 11.4. The summed E-state index contributed by atoms with van der Waals surface area (Å²) in [6.45, 7) is 13.4. The molecule has 2 aromatic rings. The summed E-state index contributed by atoms with van der Waals surface area (Å²) < 4.78 is 30.7. The van der Waals surface area contributed by atoms with E-state index in [9.17, 15) is 9.36 Å². The van der Waals surface area contributed by atoms with Gasteiger partial charge < -0.3 is 24.0 Å². The molecule has 2 rings (SSSR count). The Balaban J connectivity index is 2.48. The predicted octanol–water partition coefficient (Wildman–Crippen LogP) is 6.47. The van der Waals surface area contributed by atoms with Gasteiger partial charge in [0.25, 0.3) is 0 Å². The summed E-state index contributed by atoms with van der Waals surface area (Å²) in [4.78, 5) is 14.0. The topological polar surface area (TPSA) is 77.1 Å². The number of rotatable bonds is 12. The smallest absolute Gasteiger partial charge is 0.357 e. The minimum absolute atomic E-state index is 0.296. The average molecular weight is 477 g/mol. The van der Waals surface area contributed by atoms with Crippen LogP contribution in [0.3, 0.4) is 0 Å². The summed E-state index contributed by atoms with van der Waals surface area (Å²) in [6, 6.07) is 14.8. The van der Waals surface area contributed by atoms with Crippen molar-refractivity contribution in [3.63, 3.8) is 0 Å². The zero-order valence-corrected chi connectivity index (χ0v) is 21.6. The molecule has 8 heteroatoms. The van der Waals surface area contributed by atoms with Crippen LogP contribution in [0.4, 0.5) is 11.4 Å². The third kappa shape index (κ3) is 7.32. The number of methoxy groups -OCH3 is 1. The molecule has 0 unspecified atom stereocenters. The van der Waals surface area contributed by atoms with Gasteiger partial charge in [-0.15, -0.1) is 0 Å². The summed E-state index contributed by atoms with van der Waals surface area (Å²) in [5.41, 5.74) is 2.99. The van der Waals surface area contributed by atoms with Crippen molar-refractivity contribution in [3.05, 3.63) is 59.7 Å². The first-order valence-corrected chi connectivity index (χ1v) is 13.0. The lowest BCUT2D eigenvalue weighted by Crippen LogP contribution is -2.22. The van der Waals surface area contributed by atoms with Gasteiger partial charge in [-0.1, -0.05) is 12.1 Å². The summed E-state index contributed by atoms with van der Waals surface area (Å²) in [6.07, 6.45) is -0.592. The van der Waals surface area contributed by atoms with E-state index in [-0.39, 0.29) is 12.2 Å². The Labute approximate surface area is 198 Å². The van der Waals surface area contributed by atoms with Crippen molar-refractivity contribution in [1.29, 1.82) is 0 Å². The van der Waals surface area contributed by atoms with Crippen molar-refractivity contribution in [2.45, 2.75) is 59.5 Å². The summed E-state index contributed by atoms with van der Waals surface area (Å²) in [7, 11) is -2.29. The molecule has 2 aromatic carbocycles. The number of nitrogens with zero attached hydrogens (tertiary/aromatic N) is 1. The maximum atomic E-state index is 14.1. The number of anilines is 2. The lowest BCUT2D eigenvalue weighted by molar-refractivity contribution is 0.0600. The molecule has 0 fully saturated rings. The fourth-order valence-corrected chi connectivity index (χ4v) is 5.83. The molecular weight excluding hydrogens is 439 g/mol. The van der Waals surface area contributed by atoms with E-state index in [0.717, 1.165) is 24.3 Å². The van der Waals surface area contributed by atoms with Crippen molar-refractivity contribution >= 4 is 24.9 Å². The SMILES string of the molecule is CCN(CC)c1ccc([C@H](Nc2ccc(C(=O)OC)cc2)P(=O)(OC(C)C)OC(C)C)cc1. The zero-order valence-electron chi connectivity index (χ0n) is 20.7. The van der Waals surface area contributed by atoms with Crippen molar-refractivity contribution in [2.24, 2.45) is 0 Å². The molecule has 0 bridgehead atoms. The van der Waals surface area contributed by atoms with Crippen molar-refractivity contribution in [1.82, 2.24) is 0 Å². The number of ether oxygens (including phenoxy) is 1. The Hall–Kier alpha value is -2.34. The van der Waals surface area contributed by atoms with Crippen LogP contribution in [0.15, 0.2) is 48.5 Å². The highest BCUT2D eigenvalue weighted by Crippen LogP contribution is 2.62. The Morgan fingerprint density at radius 1 is 0.909 bits per heavy atom. The standard InChI is InChI=1S/C25H37N2O5P/c1-8-27(9-2)23-16-12-20(13-17-23)24(33(29,31-18(3)4)32-19(5)6)26-22-14-10-21(11-15-22)25(28)30-7/h10-19,24,26H,8-9H2,1-7H3/t24-/m1/s1. The molecule has 0 radical (unpaired) electrons. The second-order valence-corrected chi connectivity index (χ2v) is 10.2. The van der Waals surface area contributed by atoms with Crippen LogP contribution >= 0.6 is 7.60 Å². The Bertz CT molecular complexity index is 911. The van der Waals surface area contributed by atoms with Gasteiger partial charge in [0, 0.05) is 24.5 Å². The molecule has 7 nitrogen and oxygen atoms in total. The molecule has 0 aliphatic carbocycles. The Morgan fingerprint density at radius 2 is 1.42 bits per heavy atom. The lowest BCUT2D eigenvalue weighted by atomic mass is 10.1. The molecule has 0 aliphatic rings. The number of carbonyl (C=O) groups excluding carboxylic acids is 1. The van der Waals surface area contributed by atoms with Crippen LogP contribution in [0, 0.1) is 0 Å². The molecule has 0 saturated carbocycles. The van der Waals surface area contributed by atoms with Gasteiger partial charge >= 0.3 is 13.6 Å². The molecule has 182 valence electrons. The minimum Gasteiger partial charge on any atom is -0.465 e. The van der Waals surface area contributed by atoms with Crippen LogP contribution in [0.25, 0.3) is 0 Å². The summed E-state index contributed by atoms with van der Waals surface area (Å²) in [5.74, 6) is -1.15. The van der Waals surface area contributed by atoms with E-state index < -0.39 is 19.3 Å². The van der Waals surface area contributed by atoms with Crippen LogP contribution in [-0.2, 0) is 18.3 Å². The molecule has 1 atom stereocenters. The second-order valence-electron chi connectivity index (χ2n) is 8.23. The maximum absolute atomic E-state index is 14.1. The van der Waals surface area contributed by atoms with Crippen molar-refractivity contribution in [3.8, 4) is 0 Å². The Kier molecular flexibility index (Phi) is 9.96. The van der Waals surface area contributed by atoms with Gasteiger partial charge in [-0.25, -0.2) is 4.79 Å². The number of carbonyl (C=O) groups is 1. The van der Waals surface area contributed by atoms with Crippen LogP contribution in [0.5, 0.6) is 0 Å². The first kappa shape index (κ1) is 26.9. The van der Waals surface area contributed by atoms with Crippen molar-refractivity contribution < 1.29 is 23.1 Å². The number of nitrogens with one attached hydrogen (secondary N) is 1. The largest absolute Gasteiger partial charge is 0.465 e. The molecular formula is C25H37N2O5P. The third-order valence-electron chi connectivity index (χ3n) is 4.98. The van der Waals surface area contributed by atoms with E-state index in [4.69, 9.17) is 13.8 Å².